The minimum absolute atomic E-state index is 0.114. The fraction of sp³-hybridized carbons (Fsp3) is 0.136. The fourth-order valence-corrected chi connectivity index (χ4v) is 4.75. The van der Waals surface area contributed by atoms with Crippen LogP contribution in [0.15, 0.2) is 53.7 Å². The van der Waals surface area contributed by atoms with Crippen LogP contribution in [0.3, 0.4) is 0 Å². The molecule has 0 saturated heterocycles. The molecule has 2 N–H and O–H groups in total. The summed E-state index contributed by atoms with van der Waals surface area (Å²) < 4.78 is 48.2. The summed E-state index contributed by atoms with van der Waals surface area (Å²) in [6, 6.07) is 8.70. The first-order valence-electron chi connectivity index (χ1n) is 9.69. The average Bonchev–Trinajstić information content (AvgIpc) is 2.79. The predicted octanol–water partition coefficient (Wildman–Crippen LogP) is 4.64. The van der Waals surface area contributed by atoms with Crippen LogP contribution in [0.1, 0.15) is 5.69 Å². The Balaban J connectivity index is 1.76. The molecule has 1 aromatic carbocycles. The van der Waals surface area contributed by atoms with Gasteiger partial charge in [0, 0.05) is 53.4 Å². The number of anilines is 2. The van der Waals surface area contributed by atoms with Crippen LogP contribution in [-0.2, 0) is 10.0 Å². The molecule has 0 saturated carbocycles. The van der Waals surface area contributed by atoms with Crippen molar-refractivity contribution in [3.63, 3.8) is 0 Å². The number of nitrogens with one attached hydrogen (secondary N) is 2. The number of fused-ring (bicyclic) bond motifs is 1. The van der Waals surface area contributed by atoms with Crippen molar-refractivity contribution in [3.8, 4) is 17.0 Å². The number of aromatic nitrogens is 3. The maximum Gasteiger partial charge on any atom is 0.267 e. The maximum absolute atomic E-state index is 14.8. The first-order chi connectivity index (χ1) is 15.7. The molecule has 33 heavy (non-hydrogen) atoms. The normalized spacial score (nSPS) is 11.4. The molecule has 0 aliphatic carbocycles. The van der Waals surface area contributed by atoms with Gasteiger partial charge in [0.15, 0.2) is 4.90 Å². The van der Waals surface area contributed by atoms with E-state index in [1.165, 1.54) is 37.6 Å². The van der Waals surface area contributed by atoms with Gasteiger partial charge in [0.2, 0.25) is 5.88 Å². The number of rotatable bonds is 6. The number of hydrogen-bond donors (Lipinski definition) is 2. The number of benzene rings is 1. The predicted molar refractivity (Wildman–Crippen MR) is 126 cm³/mol. The lowest BCUT2D eigenvalue weighted by atomic mass is 10.0. The molecular formula is C22H19ClFN5O3S. The average molecular weight is 488 g/mol. The van der Waals surface area contributed by atoms with Gasteiger partial charge in [0.05, 0.1) is 17.6 Å². The molecular weight excluding hydrogens is 469 g/mol. The lowest BCUT2D eigenvalue weighted by Gasteiger charge is -2.14. The molecule has 3 heterocycles. The van der Waals surface area contributed by atoms with Crippen molar-refractivity contribution in [1.82, 2.24) is 15.0 Å². The molecule has 8 nitrogen and oxygen atoms in total. The zero-order chi connectivity index (χ0) is 23.8. The summed E-state index contributed by atoms with van der Waals surface area (Å²) in [5.41, 5.74) is 2.14. The summed E-state index contributed by atoms with van der Waals surface area (Å²) in [4.78, 5) is 12.5. The summed E-state index contributed by atoms with van der Waals surface area (Å²) in [6.07, 6.45) is 2.92. The van der Waals surface area contributed by atoms with Crippen molar-refractivity contribution < 1.29 is 17.5 Å². The van der Waals surface area contributed by atoms with E-state index in [0.29, 0.717) is 22.6 Å². The zero-order valence-electron chi connectivity index (χ0n) is 17.8. The maximum atomic E-state index is 14.8. The van der Waals surface area contributed by atoms with Crippen LogP contribution in [0.25, 0.3) is 22.0 Å². The van der Waals surface area contributed by atoms with E-state index in [0.717, 1.165) is 5.39 Å². The summed E-state index contributed by atoms with van der Waals surface area (Å²) in [5.74, 6) is 0.0249. The van der Waals surface area contributed by atoms with Gasteiger partial charge in [-0.3, -0.25) is 9.71 Å². The quantitative estimate of drug-likeness (QED) is 0.408. The number of ether oxygens (including phenoxy) is 1. The van der Waals surface area contributed by atoms with Crippen LogP contribution in [-0.4, -0.2) is 37.5 Å². The first-order valence-corrected chi connectivity index (χ1v) is 11.6. The number of aryl methyl sites for hydroxylation is 1. The van der Waals surface area contributed by atoms with Gasteiger partial charge in [-0.25, -0.2) is 22.8 Å². The van der Waals surface area contributed by atoms with E-state index in [9.17, 15) is 12.8 Å². The third-order valence-corrected chi connectivity index (χ3v) is 6.50. The molecule has 170 valence electrons. The molecule has 0 atom stereocenters. The summed E-state index contributed by atoms with van der Waals surface area (Å²) in [7, 11) is -1.06. The Morgan fingerprint density at radius 3 is 2.58 bits per heavy atom. The highest BCUT2D eigenvalue weighted by molar-refractivity contribution is 7.92. The van der Waals surface area contributed by atoms with E-state index in [-0.39, 0.29) is 27.0 Å². The molecule has 0 bridgehead atoms. The van der Waals surface area contributed by atoms with Gasteiger partial charge in [-0.2, -0.15) is 0 Å². The third-order valence-electron chi connectivity index (χ3n) is 4.92. The van der Waals surface area contributed by atoms with Crippen LogP contribution in [0.5, 0.6) is 5.88 Å². The van der Waals surface area contributed by atoms with Gasteiger partial charge < -0.3 is 10.1 Å². The Morgan fingerprint density at radius 1 is 1.06 bits per heavy atom. The monoisotopic (exact) mass is 487 g/mol. The van der Waals surface area contributed by atoms with Gasteiger partial charge in [-0.05, 0) is 37.3 Å². The molecule has 0 unspecified atom stereocenters. The minimum Gasteiger partial charge on any atom is -0.480 e. The van der Waals surface area contributed by atoms with E-state index < -0.39 is 15.8 Å². The largest absolute Gasteiger partial charge is 0.480 e. The van der Waals surface area contributed by atoms with Crippen molar-refractivity contribution in [1.29, 1.82) is 0 Å². The molecule has 0 fully saturated rings. The summed E-state index contributed by atoms with van der Waals surface area (Å²) in [6.45, 7) is 1.76. The van der Waals surface area contributed by atoms with Crippen molar-refractivity contribution in [3.05, 3.63) is 65.3 Å². The summed E-state index contributed by atoms with van der Waals surface area (Å²) >= 11 is 5.92. The molecule has 0 aliphatic heterocycles. The van der Waals surface area contributed by atoms with Crippen LogP contribution in [0, 0.1) is 12.7 Å². The number of halogens is 2. The van der Waals surface area contributed by atoms with E-state index in [2.05, 4.69) is 25.0 Å². The van der Waals surface area contributed by atoms with Crippen LogP contribution in [0.2, 0.25) is 5.02 Å². The Hall–Kier alpha value is -3.50. The lowest BCUT2D eigenvalue weighted by molar-refractivity contribution is 0.385. The van der Waals surface area contributed by atoms with Gasteiger partial charge in [-0.1, -0.05) is 11.6 Å². The Labute approximate surface area is 194 Å². The van der Waals surface area contributed by atoms with Crippen LogP contribution in [0.4, 0.5) is 15.9 Å². The second-order valence-corrected chi connectivity index (χ2v) is 9.18. The first kappa shape index (κ1) is 22.7. The second kappa shape index (κ2) is 8.80. The number of hydrogen-bond acceptors (Lipinski definition) is 7. The molecule has 0 spiro atoms. The van der Waals surface area contributed by atoms with E-state index >= 15 is 0 Å². The number of methoxy groups -OCH3 is 1. The molecule has 0 aliphatic rings. The molecule has 4 aromatic rings. The van der Waals surface area contributed by atoms with E-state index in [1.807, 2.05) is 0 Å². The zero-order valence-corrected chi connectivity index (χ0v) is 19.4. The van der Waals surface area contributed by atoms with Crippen molar-refractivity contribution in [2.24, 2.45) is 0 Å². The lowest BCUT2D eigenvalue weighted by Crippen LogP contribution is -2.15. The van der Waals surface area contributed by atoms with Gasteiger partial charge in [-0.15, -0.1) is 0 Å². The van der Waals surface area contributed by atoms with Gasteiger partial charge in [0.1, 0.15) is 11.6 Å². The highest BCUT2D eigenvalue weighted by Crippen LogP contribution is 2.32. The van der Waals surface area contributed by atoms with Gasteiger partial charge >= 0.3 is 0 Å². The topological polar surface area (TPSA) is 106 Å². The van der Waals surface area contributed by atoms with E-state index in [1.54, 1.807) is 32.3 Å². The highest BCUT2D eigenvalue weighted by Gasteiger charge is 2.22. The second-order valence-electron chi connectivity index (χ2n) is 7.09. The van der Waals surface area contributed by atoms with Crippen LogP contribution >= 0.6 is 11.6 Å². The molecule has 0 amide bonds. The SMILES string of the molecule is CNc1cc2nc(C)c(-c3cc(NS(=O)(=O)c4cc(Cl)cnc4OC)ccc3F)cc2cn1. The van der Waals surface area contributed by atoms with Gasteiger partial charge in [0.25, 0.3) is 10.0 Å². The third kappa shape index (κ3) is 4.53. The Kier molecular flexibility index (Phi) is 6.05. The van der Waals surface area contributed by atoms with Crippen molar-refractivity contribution in [2.45, 2.75) is 11.8 Å². The Morgan fingerprint density at radius 2 is 1.85 bits per heavy atom. The molecule has 0 radical (unpaired) electrons. The van der Waals surface area contributed by atoms with Crippen molar-refractivity contribution in [2.75, 3.05) is 24.2 Å². The molecule has 3 aromatic heterocycles. The number of sulfonamides is 1. The number of nitrogens with zero attached hydrogens (tertiary/aromatic N) is 3. The number of pyridine rings is 3. The fourth-order valence-electron chi connectivity index (χ4n) is 3.33. The van der Waals surface area contributed by atoms with Crippen molar-refractivity contribution >= 4 is 44.0 Å². The highest BCUT2D eigenvalue weighted by atomic mass is 35.5. The minimum atomic E-state index is -4.12. The smallest absolute Gasteiger partial charge is 0.267 e. The molecule has 4 rings (SSSR count). The molecule has 11 heteroatoms. The Bertz CT molecular complexity index is 1480. The van der Waals surface area contributed by atoms with E-state index in [4.69, 9.17) is 16.3 Å². The van der Waals surface area contributed by atoms with Crippen LogP contribution < -0.4 is 14.8 Å². The summed E-state index contributed by atoms with van der Waals surface area (Å²) in [5, 5.41) is 3.80. The standard InChI is InChI=1S/C22H19ClFN5O3S/c1-12-16(6-13-10-26-21(25-2)9-19(13)28-12)17-8-15(4-5-18(17)24)29-33(30,31)20-7-14(23)11-27-22(20)32-3/h4-11,29H,1-3H3,(H,25,26).